The maximum Gasteiger partial charge on any atom is 0.326 e. The molecule has 7 heteroatoms. The Morgan fingerprint density at radius 2 is 1.70 bits per heavy atom. The number of carboxylic acid groups (broad SMARTS) is 1. The van der Waals surface area contributed by atoms with Crippen LogP contribution in [0.4, 0.5) is 10.1 Å². The molecule has 0 spiro atoms. The molecular weight excluding hydrogens is 423 g/mol. The first-order chi connectivity index (χ1) is 15.7. The molecule has 0 aromatic heterocycles. The van der Waals surface area contributed by atoms with E-state index in [0.29, 0.717) is 11.3 Å². The van der Waals surface area contributed by atoms with E-state index in [9.17, 15) is 23.9 Å². The normalized spacial score (nSPS) is 13.7. The Labute approximate surface area is 190 Å². The number of anilines is 1. The van der Waals surface area contributed by atoms with Crippen molar-refractivity contribution >= 4 is 23.5 Å². The fraction of sp³-hybridized carbons (Fsp3) is 0.192. The summed E-state index contributed by atoms with van der Waals surface area (Å²) in [6.45, 7) is 3.85. The van der Waals surface area contributed by atoms with Gasteiger partial charge in [-0.2, -0.15) is 0 Å². The Morgan fingerprint density at radius 1 is 1.00 bits per heavy atom. The van der Waals surface area contributed by atoms with Gasteiger partial charge in [0.1, 0.15) is 11.9 Å². The lowest BCUT2D eigenvalue weighted by molar-refractivity contribution is -0.144. The van der Waals surface area contributed by atoms with Crippen LogP contribution in [0.15, 0.2) is 66.7 Å². The predicted octanol–water partition coefficient (Wildman–Crippen LogP) is 4.81. The SMILES string of the molecule is CC(C)C(C(=O)O)N1Cc2ccc(-c3ccc(NC(=O)c4cccc(F)c4)cc3)cc2C1=O. The van der Waals surface area contributed by atoms with Crippen LogP contribution in [-0.4, -0.2) is 33.8 Å². The number of carbonyl (C=O) groups is 3. The minimum atomic E-state index is -1.01. The van der Waals surface area contributed by atoms with E-state index in [1.54, 1.807) is 32.0 Å². The Kier molecular flexibility index (Phi) is 5.96. The third kappa shape index (κ3) is 4.48. The molecule has 2 amide bonds. The van der Waals surface area contributed by atoms with Gasteiger partial charge in [0.05, 0.1) is 0 Å². The number of aliphatic carboxylic acids is 1. The molecule has 3 aromatic carbocycles. The molecule has 0 radical (unpaired) electrons. The summed E-state index contributed by atoms with van der Waals surface area (Å²) in [7, 11) is 0. The van der Waals surface area contributed by atoms with Gasteiger partial charge in [0, 0.05) is 23.4 Å². The van der Waals surface area contributed by atoms with Crippen LogP contribution in [0.25, 0.3) is 11.1 Å². The van der Waals surface area contributed by atoms with Gasteiger partial charge in [-0.15, -0.1) is 0 Å². The first-order valence-corrected chi connectivity index (χ1v) is 10.6. The van der Waals surface area contributed by atoms with Crippen molar-refractivity contribution in [1.29, 1.82) is 0 Å². The van der Waals surface area contributed by atoms with Crippen molar-refractivity contribution in [2.75, 3.05) is 5.32 Å². The van der Waals surface area contributed by atoms with Crippen LogP contribution in [-0.2, 0) is 11.3 Å². The highest BCUT2D eigenvalue weighted by Crippen LogP contribution is 2.31. The molecule has 2 N–H and O–H groups in total. The van der Waals surface area contributed by atoms with Crippen molar-refractivity contribution in [3.63, 3.8) is 0 Å². The molecule has 4 rings (SSSR count). The molecule has 1 aliphatic heterocycles. The van der Waals surface area contributed by atoms with Crippen molar-refractivity contribution in [2.24, 2.45) is 5.92 Å². The van der Waals surface area contributed by atoms with Crippen LogP contribution in [0, 0.1) is 11.7 Å². The van der Waals surface area contributed by atoms with Crippen LogP contribution >= 0.6 is 0 Å². The molecule has 1 unspecified atom stereocenters. The molecule has 3 aromatic rings. The van der Waals surface area contributed by atoms with E-state index in [1.807, 2.05) is 24.3 Å². The monoisotopic (exact) mass is 446 g/mol. The molecule has 1 aliphatic rings. The third-order valence-electron chi connectivity index (χ3n) is 5.73. The van der Waals surface area contributed by atoms with Gasteiger partial charge in [0.2, 0.25) is 0 Å². The standard InChI is InChI=1S/C26H23FN2O4/c1-15(2)23(26(32)33)29-14-19-7-6-17(13-22(19)25(29)31)16-8-10-21(11-9-16)28-24(30)18-4-3-5-20(27)12-18/h3-13,15,23H,14H2,1-2H3,(H,28,30)(H,32,33). The third-order valence-corrected chi connectivity index (χ3v) is 5.73. The Balaban J connectivity index is 1.52. The van der Waals surface area contributed by atoms with Crippen LogP contribution < -0.4 is 5.32 Å². The van der Waals surface area contributed by atoms with Gasteiger partial charge in [-0.25, -0.2) is 9.18 Å². The number of nitrogens with zero attached hydrogens (tertiary/aromatic N) is 1. The molecule has 1 atom stereocenters. The summed E-state index contributed by atoms with van der Waals surface area (Å²) in [5.41, 5.74) is 3.73. The number of halogens is 1. The topological polar surface area (TPSA) is 86.7 Å². The number of nitrogens with one attached hydrogen (secondary N) is 1. The average molecular weight is 446 g/mol. The van der Waals surface area contributed by atoms with Crippen LogP contribution in [0.3, 0.4) is 0 Å². The molecule has 1 heterocycles. The fourth-order valence-electron chi connectivity index (χ4n) is 4.09. The van der Waals surface area contributed by atoms with Crippen LogP contribution in [0.1, 0.15) is 40.1 Å². The highest BCUT2D eigenvalue weighted by molar-refractivity contribution is 6.04. The van der Waals surface area contributed by atoms with Gasteiger partial charge < -0.3 is 15.3 Å². The average Bonchev–Trinajstić information content (AvgIpc) is 3.09. The second-order valence-electron chi connectivity index (χ2n) is 8.37. The zero-order valence-electron chi connectivity index (χ0n) is 18.2. The predicted molar refractivity (Wildman–Crippen MR) is 122 cm³/mol. The zero-order valence-corrected chi connectivity index (χ0v) is 18.2. The molecule has 33 heavy (non-hydrogen) atoms. The van der Waals surface area contributed by atoms with Gasteiger partial charge in [0.25, 0.3) is 11.8 Å². The van der Waals surface area contributed by atoms with Crippen LogP contribution in [0.5, 0.6) is 0 Å². The second kappa shape index (κ2) is 8.86. The smallest absolute Gasteiger partial charge is 0.326 e. The summed E-state index contributed by atoms with van der Waals surface area (Å²) in [6, 6.07) is 17.2. The van der Waals surface area contributed by atoms with E-state index < -0.39 is 23.7 Å². The lowest BCUT2D eigenvalue weighted by Gasteiger charge is -2.27. The number of carbonyl (C=O) groups excluding carboxylic acids is 2. The van der Waals surface area contributed by atoms with E-state index in [1.165, 1.54) is 29.2 Å². The van der Waals surface area contributed by atoms with Gasteiger partial charge in [-0.05, 0) is 59.0 Å². The fourth-order valence-corrected chi connectivity index (χ4v) is 4.09. The summed E-state index contributed by atoms with van der Waals surface area (Å²) < 4.78 is 13.3. The molecule has 0 fully saturated rings. The summed E-state index contributed by atoms with van der Waals surface area (Å²) in [6.07, 6.45) is 0. The quantitative estimate of drug-likeness (QED) is 0.569. The van der Waals surface area contributed by atoms with Crippen molar-refractivity contribution in [1.82, 2.24) is 4.90 Å². The van der Waals surface area contributed by atoms with Crippen molar-refractivity contribution < 1.29 is 23.9 Å². The zero-order chi connectivity index (χ0) is 23.7. The lowest BCUT2D eigenvalue weighted by atomic mass is 10.00. The lowest BCUT2D eigenvalue weighted by Crippen LogP contribution is -2.44. The van der Waals surface area contributed by atoms with E-state index >= 15 is 0 Å². The number of amides is 2. The Morgan fingerprint density at radius 3 is 2.33 bits per heavy atom. The summed E-state index contributed by atoms with van der Waals surface area (Å²) in [5.74, 6) is -2.40. The first-order valence-electron chi connectivity index (χ1n) is 10.6. The highest BCUT2D eigenvalue weighted by atomic mass is 19.1. The number of hydrogen-bond donors (Lipinski definition) is 2. The number of carboxylic acids is 1. The highest BCUT2D eigenvalue weighted by Gasteiger charge is 2.38. The molecule has 0 saturated heterocycles. The minimum absolute atomic E-state index is 0.213. The molecule has 0 bridgehead atoms. The van der Waals surface area contributed by atoms with Gasteiger partial charge >= 0.3 is 5.97 Å². The van der Waals surface area contributed by atoms with E-state index in [2.05, 4.69) is 5.32 Å². The second-order valence-corrected chi connectivity index (χ2v) is 8.37. The van der Waals surface area contributed by atoms with E-state index in [4.69, 9.17) is 0 Å². The molecule has 0 saturated carbocycles. The van der Waals surface area contributed by atoms with Gasteiger partial charge in [-0.1, -0.05) is 44.2 Å². The van der Waals surface area contributed by atoms with Gasteiger partial charge in [0.15, 0.2) is 0 Å². The van der Waals surface area contributed by atoms with Gasteiger partial charge in [-0.3, -0.25) is 9.59 Å². The molecule has 168 valence electrons. The first kappa shape index (κ1) is 22.2. The van der Waals surface area contributed by atoms with Crippen molar-refractivity contribution in [3.05, 3.63) is 89.2 Å². The Bertz CT molecular complexity index is 1240. The Hall–Kier alpha value is -4.00. The number of rotatable bonds is 6. The molecule has 0 aliphatic carbocycles. The summed E-state index contributed by atoms with van der Waals surface area (Å²) in [4.78, 5) is 38.4. The largest absolute Gasteiger partial charge is 0.480 e. The summed E-state index contributed by atoms with van der Waals surface area (Å²) >= 11 is 0. The number of fused-ring (bicyclic) bond motifs is 1. The van der Waals surface area contributed by atoms with Crippen LogP contribution in [0.2, 0.25) is 0 Å². The number of hydrogen-bond acceptors (Lipinski definition) is 3. The van der Waals surface area contributed by atoms with E-state index in [-0.39, 0.29) is 23.9 Å². The molecular formula is C26H23FN2O4. The van der Waals surface area contributed by atoms with Crippen molar-refractivity contribution in [2.45, 2.75) is 26.4 Å². The minimum Gasteiger partial charge on any atom is -0.480 e. The number of benzene rings is 3. The maximum absolute atomic E-state index is 13.3. The molecule has 6 nitrogen and oxygen atoms in total. The van der Waals surface area contributed by atoms with E-state index in [0.717, 1.165) is 16.7 Å². The summed E-state index contributed by atoms with van der Waals surface area (Å²) in [5, 5.41) is 12.3. The maximum atomic E-state index is 13.3. The van der Waals surface area contributed by atoms with Crippen molar-refractivity contribution in [3.8, 4) is 11.1 Å².